The first-order valence-electron chi connectivity index (χ1n) is 7.18. The summed E-state index contributed by atoms with van der Waals surface area (Å²) in [7, 11) is 0. The summed E-state index contributed by atoms with van der Waals surface area (Å²) in [5.41, 5.74) is 2.91. The van der Waals surface area contributed by atoms with Crippen LogP contribution in [-0.2, 0) is 0 Å². The number of furan rings is 1. The fourth-order valence-electron chi connectivity index (χ4n) is 2.36. The largest absolute Gasteiger partial charge is 0.463 e. The van der Waals surface area contributed by atoms with Gasteiger partial charge in [-0.05, 0) is 48.0 Å². The van der Waals surface area contributed by atoms with Gasteiger partial charge >= 0.3 is 6.01 Å². The Bertz CT molecular complexity index is 1010. The predicted octanol–water partition coefficient (Wildman–Crippen LogP) is 3.95. The molecule has 0 radical (unpaired) electrons. The van der Waals surface area contributed by atoms with Gasteiger partial charge in [0.2, 0.25) is 5.88 Å². The minimum atomic E-state index is 0.261. The lowest BCUT2D eigenvalue weighted by Crippen LogP contribution is -2.02. The Morgan fingerprint density at radius 2 is 1.92 bits per heavy atom. The molecule has 0 aliphatic heterocycles. The van der Waals surface area contributed by atoms with Crippen molar-refractivity contribution >= 4 is 21.6 Å². The molecule has 0 amide bonds. The Morgan fingerprint density at radius 3 is 2.62 bits per heavy atom. The monoisotopic (exact) mass is 385 g/mol. The Kier molecular flexibility index (Phi) is 3.53. The molecule has 0 aromatic carbocycles. The minimum Gasteiger partial charge on any atom is -0.463 e. The zero-order chi connectivity index (χ0) is 16.7. The highest BCUT2D eigenvalue weighted by Crippen LogP contribution is 2.29. The van der Waals surface area contributed by atoms with E-state index in [1.165, 1.54) is 0 Å². The first-order chi connectivity index (χ1) is 11.6. The molecule has 0 aliphatic carbocycles. The number of aromatic nitrogens is 5. The van der Waals surface area contributed by atoms with Crippen LogP contribution in [0.2, 0.25) is 0 Å². The highest BCUT2D eigenvalue weighted by Gasteiger charge is 2.15. The molecule has 0 aliphatic rings. The van der Waals surface area contributed by atoms with Crippen LogP contribution in [0.5, 0.6) is 11.9 Å². The van der Waals surface area contributed by atoms with Gasteiger partial charge in [-0.3, -0.25) is 0 Å². The summed E-state index contributed by atoms with van der Waals surface area (Å²) in [5, 5.41) is 4.28. The van der Waals surface area contributed by atoms with E-state index >= 15 is 0 Å². The van der Waals surface area contributed by atoms with Crippen molar-refractivity contribution in [3.63, 3.8) is 0 Å². The van der Waals surface area contributed by atoms with Gasteiger partial charge in [-0.2, -0.15) is 9.61 Å². The smallest absolute Gasteiger partial charge is 0.323 e. The zero-order valence-corrected chi connectivity index (χ0v) is 14.5. The van der Waals surface area contributed by atoms with Crippen LogP contribution in [0.1, 0.15) is 11.4 Å². The van der Waals surface area contributed by atoms with E-state index < -0.39 is 0 Å². The molecule has 4 aromatic rings. The Morgan fingerprint density at radius 1 is 1.12 bits per heavy atom. The van der Waals surface area contributed by atoms with Gasteiger partial charge in [-0.15, -0.1) is 0 Å². The van der Waals surface area contributed by atoms with Crippen LogP contribution >= 0.6 is 15.9 Å². The Balaban J connectivity index is 1.87. The van der Waals surface area contributed by atoms with Crippen molar-refractivity contribution < 1.29 is 9.15 Å². The molecule has 0 N–H and O–H groups in total. The van der Waals surface area contributed by atoms with Crippen LogP contribution in [0.25, 0.3) is 17.1 Å². The van der Waals surface area contributed by atoms with Gasteiger partial charge in [0.05, 0.1) is 16.9 Å². The summed E-state index contributed by atoms with van der Waals surface area (Å²) < 4.78 is 13.6. The van der Waals surface area contributed by atoms with Gasteiger partial charge in [-0.1, -0.05) is 0 Å². The molecular weight excluding hydrogens is 374 g/mol. The van der Waals surface area contributed by atoms with Crippen LogP contribution < -0.4 is 4.74 Å². The molecule has 0 atom stereocenters. The molecule has 4 heterocycles. The van der Waals surface area contributed by atoms with Gasteiger partial charge in [0.25, 0.3) is 0 Å². The first-order valence-corrected chi connectivity index (χ1v) is 7.98. The summed E-state index contributed by atoms with van der Waals surface area (Å²) in [4.78, 5) is 13.2. The predicted molar refractivity (Wildman–Crippen MR) is 90.0 cm³/mol. The van der Waals surface area contributed by atoms with Crippen LogP contribution in [0.4, 0.5) is 0 Å². The van der Waals surface area contributed by atoms with E-state index in [1.807, 2.05) is 26.0 Å². The van der Waals surface area contributed by atoms with Crippen molar-refractivity contribution in [1.29, 1.82) is 0 Å². The van der Waals surface area contributed by atoms with Gasteiger partial charge in [0, 0.05) is 17.5 Å². The molecule has 8 heteroatoms. The number of aryl methyl sites for hydroxylation is 2. The summed E-state index contributed by atoms with van der Waals surface area (Å²) in [5.74, 6) is 1.08. The summed E-state index contributed by atoms with van der Waals surface area (Å²) in [6.07, 6.45) is 3.25. The molecule has 0 saturated heterocycles. The van der Waals surface area contributed by atoms with Crippen LogP contribution in [0, 0.1) is 13.8 Å². The van der Waals surface area contributed by atoms with E-state index in [2.05, 4.69) is 36.0 Å². The maximum atomic E-state index is 5.88. The number of halogens is 1. The molecule has 0 fully saturated rings. The molecule has 24 heavy (non-hydrogen) atoms. The second kappa shape index (κ2) is 5.72. The number of fused-ring (bicyclic) bond motifs is 1. The topological polar surface area (TPSA) is 78.3 Å². The van der Waals surface area contributed by atoms with Crippen molar-refractivity contribution in [2.75, 3.05) is 0 Å². The average molecular weight is 386 g/mol. The zero-order valence-electron chi connectivity index (χ0n) is 12.9. The summed E-state index contributed by atoms with van der Waals surface area (Å²) in [6, 6.07) is 7.53. The van der Waals surface area contributed by atoms with E-state index in [-0.39, 0.29) is 6.01 Å². The fourth-order valence-corrected chi connectivity index (χ4v) is 2.71. The quantitative estimate of drug-likeness (QED) is 0.531. The van der Waals surface area contributed by atoms with E-state index in [0.717, 1.165) is 15.9 Å². The lowest BCUT2D eigenvalue weighted by molar-refractivity contribution is 0.409. The maximum Gasteiger partial charge on any atom is 0.323 e. The molecule has 0 spiro atoms. The van der Waals surface area contributed by atoms with E-state index in [9.17, 15) is 0 Å². The van der Waals surface area contributed by atoms with E-state index in [1.54, 1.807) is 29.1 Å². The molecule has 120 valence electrons. The number of hydrogen-bond acceptors (Lipinski definition) is 6. The van der Waals surface area contributed by atoms with Crippen molar-refractivity contribution in [3.8, 4) is 23.3 Å². The van der Waals surface area contributed by atoms with Gasteiger partial charge in [0.1, 0.15) is 5.69 Å². The summed E-state index contributed by atoms with van der Waals surface area (Å²) in [6.45, 7) is 3.78. The van der Waals surface area contributed by atoms with Crippen molar-refractivity contribution in [3.05, 3.63) is 52.6 Å². The lowest BCUT2D eigenvalue weighted by atomic mass is 10.3. The third-order valence-corrected chi connectivity index (χ3v) is 3.89. The molecule has 4 rings (SSSR count). The van der Waals surface area contributed by atoms with Gasteiger partial charge in [-0.25, -0.2) is 15.0 Å². The number of nitrogens with zero attached hydrogens (tertiary/aromatic N) is 5. The third-order valence-electron chi connectivity index (χ3n) is 3.33. The molecule has 0 saturated carbocycles. The third kappa shape index (κ3) is 2.65. The Hall–Kier alpha value is -2.74. The van der Waals surface area contributed by atoms with Crippen LogP contribution in [0.3, 0.4) is 0 Å². The maximum absolute atomic E-state index is 5.88. The molecule has 0 bridgehead atoms. The van der Waals surface area contributed by atoms with Gasteiger partial charge < -0.3 is 9.15 Å². The molecule has 0 unspecified atom stereocenters. The molecule has 4 aromatic heterocycles. The molecule has 7 nitrogen and oxygen atoms in total. The van der Waals surface area contributed by atoms with E-state index in [4.69, 9.17) is 9.15 Å². The second-order valence-electron chi connectivity index (χ2n) is 5.22. The SMILES string of the molecule is Cc1cc(C)nc(Oc2cc(-c3ccco3)nc3c(Br)cnn23)n1. The van der Waals surface area contributed by atoms with Gasteiger partial charge in [0.15, 0.2) is 11.4 Å². The lowest BCUT2D eigenvalue weighted by Gasteiger charge is -2.08. The highest BCUT2D eigenvalue weighted by atomic mass is 79.9. The van der Waals surface area contributed by atoms with Crippen LogP contribution in [-0.4, -0.2) is 24.6 Å². The standard InChI is InChI=1S/C16H12BrN5O2/c1-9-6-10(2)20-16(19-9)24-14-7-12(13-4-3-5-23-13)21-15-11(17)8-18-22(14)15/h3-8H,1-2H3. The van der Waals surface area contributed by atoms with Crippen molar-refractivity contribution in [2.24, 2.45) is 0 Å². The first kappa shape index (κ1) is 14.8. The van der Waals surface area contributed by atoms with Crippen LogP contribution in [0.15, 0.2) is 45.6 Å². The molecular formula is C16H12BrN5O2. The van der Waals surface area contributed by atoms with Crippen molar-refractivity contribution in [2.45, 2.75) is 13.8 Å². The highest BCUT2D eigenvalue weighted by molar-refractivity contribution is 9.10. The Labute approximate surface area is 145 Å². The second-order valence-corrected chi connectivity index (χ2v) is 6.07. The summed E-state index contributed by atoms with van der Waals surface area (Å²) >= 11 is 3.44. The normalized spacial score (nSPS) is 11.1. The average Bonchev–Trinajstić information content (AvgIpc) is 3.17. The van der Waals surface area contributed by atoms with E-state index in [0.29, 0.717) is 23.0 Å². The fraction of sp³-hybridized carbons (Fsp3) is 0.125. The number of rotatable bonds is 3. The number of hydrogen-bond donors (Lipinski definition) is 0. The van der Waals surface area contributed by atoms with Crippen molar-refractivity contribution in [1.82, 2.24) is 24.6 Å². The minimum absolute atomic E-state index is 0.261. The number of ether oxygens (including phenoxy) is 1.